The third-order valence-electron chi connectivity index (χ3n) is 15.8. The van der Waals surface area contributed by atoms with Gasteiger partial charge >= 0.3 is 0 Å². The van der Waals surface area contributed by atoms with E-state index in [9.17, 15) is 53.4 Å². The average Bonchev–Trinajstić information content (AvgIpc) is 2.58. The summed E-state index contributed by atoms with van der Waals surface area (Å²) in [5, 5.41) is 64.1. The molecular formula is C62H88N16O11. The first-order valence-corrected chi connectivity index (χ1v) is 30.4. The Balaban J connectivity index is 1.25. The van der Waals surface area contributed by atoms with Gasteiger partial charge in [0.2, 0.25) is 53.2 Å². The Morgan fingerprint density at radius 1 is 0.584 bits per heavy atom. The zero-order chi connectivity index (χ0) is 64.6. The topological polar surface area (TPSA) is 433 Å². The van der Waals surface area contributed by atoms with E-state index >= 15 is 0 Å². The molecule has 2 fully saturated rings. The maximum atomic E-state index is 14.8. The number of likely N-dealkylation sites (N-methyl/N-ethyl adjacent to an activating group) is 1. The highest BCUT2D eigenvalue weighted by molar-refractivity contribution is 5.99. The number of aromatic nitrogens is 1. The largest absolute Gasteiger partial charge is 0.508 e. The Labute approximate surface area is 517 Å². The van der Waals surface area contributed by atoms with Crippen molar-refractivity contribution in [2.75, 3.05) is 33.3 Å². The number of nitrogens with zero attached hydrogens (tertiary/aromatic N) is 1. The van der Waals surface area contributed by atoms with Gasteiger partial charge in [-0.15, -0.1) is 0 Å². The fourth-order valence-electron chi connectivity index (χ4n) is 11.1. The Morgan fingerprint density at radius 2 is 1.08 bits per heavy atom. The lowest BCUT2D eigenvalue weighted by molar-refractivity contribution is -0.142. The zero-order valence-electron chi connectivity index (χ0n) is 50.8. The fraction of sp³-hybridized carbons (Fsp3) is 0.500. The number of aliphatic hydroxyl groups excluding tert-OH is 1. The number of phenols is 1. The lowest BCUT2D eigenvalue weighted by Gasteiger charge is -2.30. The van der Waals surface area contributed by atoms with Crippen molar-refractivity contribution in [1.82, 2.24) is 63.1 Å². The smallest absolute Gasteiger partial charge is 0.245 e. The summed E-state index contributed by atoms with van der Waals surface area (Å²) in [7, 11) is 1.46. The summed E-state index contributed by atoms with van der Waals surface area (Å²) in [5.41, 5.74) is 13.6. The molecule has 1 aliphatic heterocycles. The molecule has 1 saturated heterocycles. The number of phenolic OH excluding ortho intramolecular Hbond substituents is 1. The van der Waals surface area contributed by atoms with E-state index in [0.717, 1.165) is 29.3 Å². The van der Waals surface area contributed by atoms with Crippen LogP contribution < -0.4 is 64.6 Å². The van der Waals surface area contributed by atoms with E-state index < -0.39 is 96.3 Å². The Hall–Kier alpha value is -9.27. The number of para-hydroxylation sites is 1. The highest BCUT2D eigenvalue weighted by Crippen LogP contribution is 2.26. The second-order valence-corrected chi connectivity index (χ2v) is 23.1. The summed E-state index contributed by atoms with van der Waals surface area (Å²) in [6.45, 7) is 3.17. The molecule has 19 N–H and O–H groups in total. The number of nitrogens with one attached hydrogen (secondary N) is 13. The molecule has 0 bridgehead atoms. The summed E-state index contributed by atoms with van der Waals surface area (Å²) in [4.78, 5) is 133. The number of aromatic hydroxyl groups is 1. The van der Waals surface area contributed by atoms with Crippen LogP contribution in [0.15, 0.2) is 85.1 Å². The van der Waals surface area contributed by atoms with E-state index in [2.05, 4.69) is 58.2 Å². The number of carbonyl (C=O) groups excluding carboxylic acids is 9. The standard InChI is InChI=1S/C62H88N16O11/c1-36(2)30-46(54(83)72-45(21-12-28-69-62(65)66)60(89)78-29-13-22-51(78)59(88)67-3)74-53(82)44(20-11-27-68-61(63)64)71-55(84)48(32-38-23-25-41(80)26-24-38)75-58(87)50(35-79)77-57(86)49(33-40-34-70-43-19-10-9-18-42(40)43)76-56(85)47(31-37-14-5-4-6-15-37)73-52(81)39-16-7-8-17-39/h4-6,9-10,14-15,18-19,23-26,34,36,39,44-51,70,79-80H,7-8,11-13,16-17,20-22,27-33,35H2,1-3H3,(H,67,88)(H,71,84)(H,72,83)(H,73,81)(H,74,82)(H,75,87)(H,76,85)(H,77,86)(H4,63,64,68)(H4,65,66,69)/t44-,45+,46+,47+,48+,49+,50+,51+/m1/s1. The van der Waals surface area contributed by atoms with Crippen LogP contribution in [-0.4, -0.2) is 167 Å². The minimum atomic E-state index is -1.74. The van der Waals surface area contributed by atoms with Crippen molar-refractivity contribution < 1.29 is 53.4 Å². The summed E-state index contributed by atoms with van der Waals surface area (Å²) >= 11 is 0. The van der Waals surface area contributed by atoms with Crippen LogP contribution in [0.1, 0.15) is 101 Å². The molecule has 0 radical (unpaired) electrons. The molecule has 27 nitrogen and oxygen atoms in total. The van der Waals surface area contributed by atoms with Gasteiger partial charge in [-0.05, 0) is 98.6 Å². The van der Waals surface area contributed by atoms with Gasteiger partial charge in [-0.1, -0.05) is 87.4 Å². The number of aliphatic hydroxyl groups is 1. The molecule has 4 aromatic rings. The second kappa shape index (κ2) is 34.3. The van der Waals surface area contributed by atoms with Crippen molar-refractivity contribution in [3.63, 3.8) is 0 Å². The number of amides is 9. The summed E-state index contributed by atoms with van der Waals surface area (Å²) in [6.07, 6.45) is 5.91. The lowest BCUT2D eigenvalue weighted by atomic mass is 10.00. The third-order valence-corrected chi connectivity index (χ3v) is 15.8. The SMILES string of the molecule is CNC(=O)[C@@H]1CCCN1C(=O)[C@H](CCCNC(=N)N)NC(=O)[C@H](CC(C)C)NC(=O)[C@@H](CCCNC(=N)N)NC(=O)[C@H](Cc1ccc(O)cc1)NC(=O)[C@H](CO)NC(=O)[C@H](Cc1c[nH]c2ccccc12)NC(=O)[C@H](Cc1ccccc1)NC(=O)C1CCCC1. The third kappa shape index (κ3) is 21.2. The summed E-state index contributed by atoms with van der Waals surface area (Å²) in [5.74, 6) is -7.50. The van der Waals surface area contributed by atoms with Gasteiger partial charge < -0.3 is 84.7 Å². The molecular weight excluding hydrogens is 1140 g/mol. The molecule has 2 aliphatic rings. The number of guanidine groups is 2. The normalized spacial score (nSPS) is 16.3. The van der Waals surface area contributed by atoms with Crippen LogP contribution in [0.25, 0.3) is 10.9 Å². The first-order valence-electron chi connectivity index (χ1n) is 30.4. The molecule has 89 heavy (non-hydrogen) atoms. The number of rotatable bonds is 33. The van der Waals surface area contributed by atoms with Crippen molar-refractivity contribution >= 4 is 76.0 Å². The molecule has 0 unspecified atom stereocenters. The van der Waals surface area contributed by atoms with Gasteiger partial charge in [-0.25, -0.2) is 0 Å². The first kappa shape index (κ1) is 68.8. The van der Waals surface area contributed by atoms with Gasteiger partial charge in [0.1, 0.15) is 54.1 Å². The minimum Gasteiger partial charge on any atom is -0.508 e. The molecule has 1 aromatic heterocycles. The van der Waals surface area contributed by atoms with Crippen molar-refractivity contribution in [2.24, 2.45) is 23.3 Å². The van der Waals surface area contributed by atoms with E-state index in [1.165, 1.54) is 36.2 Å². The van der Waals surface area contributed by atoms with Gasteiger partial charge in [-0.2, -0.15) is 0 Å². The monoisotopic (exact) mass is 1230 g/mol. The van der Waals surface area contributed by atoms with Crippen molar-refractivity contribution in [3.8, 4) is 5.75 Å². The quantitative estimate of drug-likeness (QED) is 0.0167. The molecule has 2 heterocycles. The molecule has 1 aliphatic carbocycles. The molecule has 6 rings (SSSR count). The van der Waals surface area contributed by atoms with E-state index in [1.807, 2.05) is 56.3 Å². The van der Waals surface area contributed by atoms with Gasteiger partial charge in [0.15, 0.2) is 11.9 Å². The zero-order valence-corrected chi connectivity index (χ0v) is 50.8. The summed E-state index contributed by atoms with van der Waals surface area (Å²) in [6, 6.07) is 11.7. The number of likely N-dealkylation sites (tertiary alicyclic amines) is 1. The van der Waals surface area contributed by atoms with Gasteiger partial charge in [-0.3, -0.25) is 54.0 Å². The average molecular weight is 1230 g/mol. The first-order chi connectivity index (χ1) is 42.6. The van der Waals surface area contributed by atoms with Crippen LogP contribution in [0.2, 0.25) is 0 Å². The van der Waals surface area contributed by atoms with Crippen molar-refractivity contribution in [1.29, 1.82) is 10.8 Å². The van der Waals surface area contributed by atoms with Crippen LogP contribution in [0.4, 0.5) is 0 Å². The number of carbonyl (C=O) groups is 9. The molecule has 27 heteroatoms. The molecule has 9 amide bonds. The number of hydrogen-bond donors (Lipinski definition) is 17. The second-order valence-electron chi connectivity index (χ2n) is 23.1. The van der Waals surface area contributed by atoms with Gasteiger partial charge in [0.05, 0.1) is 6.61 Å². The van der Waals surface area contributed by atoms with Gasteiger partial charge in [0, 0.05) is 69.0 Å². The van der Waals surface area contributed by atoms with Crippen LogP contribution >= 0.6 is 0 Å². The Kier molecular flexibility index (Phi) is 26.5. The maximum Gasteiger partial charge on any atom is 0.245 e. The predicted octanol–water partition coefficient (Wildman–Crippen LogP) is -0.213. The molecule has 8 atom stereocenters. The highest BCUT2D eigenvalue weighted by atomic mass is 16.3. The molecule has 482 valence electrons. The van der Waals surface area contributed by atoms with E-state index in [1.54, 1.807) is 18.3 Å². The number of hydrogen-bond acceptors (Lipinski definition) is 13. The molecule has 1 saturated carbocycles. The van der Waals surface area contributed by atoms with Crippen LogP contribution in [0.5, 0.6) is 5.75 Å². The van der Waals surface area contributed by atoms with Crippen molar-refractivity contribution in [3.05, 3.63) is 102 Å². The number of benzene rings is 3. The van der Waals surface area contributed by atoms with Crippen molar-refractivity contribution in [2.45, 2.75) is 152 Å². The highest BCUT2D eigenvalue weighted by Gasteiger charge is 2.39. The molecule has 0 spiro atoms. The maximum absolute atomic E-state index is 14.8. The minimum absolute atomic E-state index is 0.0624. The lowest BCUT2D eigenvalue weighted by Crippen LogP contribution is -2.61. The Morgan fingerprint density at radius 3 is 1.67 bits per heavy atom. The number of fused-ring (bicyclic) bond motifs is 1. The van der Waals surface area contributed by atoms with E-state index in [4.69, 9.17) is 22.3 Å². The fourth-order valence-corrected chi connectivity index (χ4v) is 11.1. The number of aromatic amines is 1. The van der Waals surface area contributed by atoms with E-state index in [0.29, 0.717) is 36.8 Å². The van der Waals surface area contributed by atoms with Crippen LogP contribution in [0, 0.1) is 22.7 Å². The van der Waals surface area contributed by atoms with Gasteiger partial charge in [0.25, 0.3) is 0 Å². The Bertz CT molecular complexity index is 3080. The predicted molar refractivity (Wildman–Crippen MR) is 333 cm³/mol. The van der Waals surface area contributed by atoms with Crippen LogP contribution in [-0.2, 0) is 62.4 Å². The number of nitrogens with two attached hydrogens (primary N) is 2. The number of H-pyrrole nitrogens is 1. The van der Waals surface area contributed by atoms with Crippen LogP contribution in [0.3, 0.4) is 0 Å². The van der Waals surface area contributed by atoms with E-state index in [-0.39, 0.29) is 112 Å². The summed E-state index contributed by atoms with van der Waals surface area (Å²) < 4.78 is 0. The molecule has 3 aromatic carbocycles.